The van der Waals surface area contributed by atoms with Gasteiger partial charge in [-0.05, 0) is 25.8 Å². The van der Waals surface area contributed by atoms with Crippen molar-refractivity contribution in [1.82, 2.24) is 14.5 Å². The van der Waals surface area contributed by atoms with E-state index in [-0.39, 0.29) is 6.04 Å². The van der Waals surface area contributed by atoms with Crippen molar-refractivity contribution >= 4 is 5.97 Å². The molecule has 0 aliphatic carbocycles. The van der Waals surface area contributed by atoms with Gasteiger partial charge >= 0.3 is 5.97 Å². The zero-order valence-electron chi connectivity index (χ0n) is 11.7. The molecule has 0 bridgehead atoms. The zero-order chi connectivity index (χ0) is 13.8. The fourth-order valence-corrected chi connectivity index (χ4v) is 3.03. The third-order valence-corrected chi connectivity index (χ3v) is 4.00. The topological polar surface area (TPSA) is 58.4 Å². The fraction of sp³-hybridized carbons (Fsp3) is 0.714. The number of carboxylic acids is 1. The molecule has 1 fully saturated rings. The van der Waals surface area contributed by atoms with Gasteiger partial charge < -0.3 is 9.67 Å². The van der Waals surface area contributed by atoms with Crippen LogP contribution in [-0.4, -0.2) is 44.7 Å². The van der Waals surface area contributed by atoms with Crippen molar-refractivity contribution in [1.29, 1.82) is 0 Å². The third kappa shape index (κ3) is 2.97. The second-order valence-corrected chi connectivity index (χ2v) is 5.16. The van der Waals surface area contributed by atoms with Crippen molar-refractivity contribution in [3.05, 3.63) is 18.2 Å². The number of hydrogen-bond acceptors (Lipinski definition) is 3. The average molecular weight is 265 g/mol. The Morgan fingerprint density at radius 2 is 2.37 bits per heavy atom. The van der Waals surface area contributed by atoms with E-state index in [1.807, 2.05) is 19.3 Å². The Hall–Kier alpha value is -1.36. The first-order chi connectivity index (χ1) is 9.17. The molecular weight excluding hydrogens is 242 g/mol. The lowest BCUT2D eigenvalue weighted by Crippen LogP contribution is -2.46. The van der Waals surface area contributed by atoms with Gasteiger partial charge in [0.1, 0.15) is 11.9 Å². The zero-order valence-corrected chi connectivity index (χ0v) is 11.7. The van der Waals surface area contributed by atoms with Gasteiger partial charge in [0.2, 0.25) is 0 Å². The molecule has 0 unspecified atom stereocenters. The highest BCUT2D eigenvalue weighted by Crippen LogP contribution is 2.25. The summed E-state index contributed by atoms with van der Waals surface area (Å²) in [5, 5.41) is 9.28. The molecule has 19 heavy (non-hydrogen) atoms. The maximum absolute atomic E-state index is 11.3. The first-order valence-electron chi connectivity index (χ1n) is 7.15. The molecule has 2 rings (SSSR count). The Bertz CT molecular complexity index is 430. The Balaban J connectivity index is 2.11. The largest absolute Gasteiger partial charge is 0.480 e. The van der Waals surface area contributed by atoms with Gasteiger partial charge in [-0.25, -0.2) is 4.98 Å². The number of hydrogen-bond donors (Lipinski definition) is 1. The first kappa shape index (κ1) is 14.1. The number of imidazole rings is 1. The second kappa shape index (κ2) is 6.19. The standard InChI is InChI=1S/C14H23N3O2/c1-3-12(14(18)19)16-8-5-6-11(10-16)17-9-7-15-13(17)4-2/h7,9,11-12H,3-6,8,10H2,1-2H3,(H,18,19)/t11-,12+/m1/s1. The minimum atomic E-state index is -0.704. The van der Waals surface area contributed by atoms with Crippen LogP contribution in [0.2, 0.25) is 0 Å². The molecule has 0 saturated carbocycles. The predicted molar refractivity (Wildman–Crippen MR) is 73.2 cm³/mol. The molecule has 2 heterocycles. The van der Waals surface area contributed by atoms with Crippen molar-refractivity contribution in [2.75, 3.05) is 13.1 Å². The molecule has 5 heteroatoms. The van der Waals surface area contributed by atoms with E-state index in [1.54, 1.807) is 0 Å². The highest BCUT2D eigenvalue weighted by atomic mass is 16.4. The Morgan fingerprint density at radius 3 is 3.00 bits per heavy atom. The molecule has 0 aromatic carbocycles. The van der Waals surface area contributed by atoms with Gasteiger partial charge in [-0.1, -0.05) is 13.8 Å². The molecule has 1 aromatic heterocycles. The second-order valence-electron chi connectivity index (χ2n) is 5.16. The molecule has 1 aliphatic rings. The van der Waals surface area contributed by atoms with E-state index < -0.39 is 5.97 Å². The summed E-state index contributed by atoms with van der Waals surface area (Å²) in [7, 11) is 0. The van der Waals surface area contributed by atoms with Gasteiger partial charge in [0.05, 0.1) is 0 Å². The molecular formula is C14H23N3O2. The number of carbonyl (C=O) groups is 1. The molecule has 1 saturated heterocycles. The van der Waals surface area contributed by atoms with Crippen molar-refractivity contribution in [3.8, 4) is 0 Å². The van der Waals surface area contributed by atoms with E-state index in [0.717, 1.165) is 38.2 Å². The lowest BCUT2D eigenvalue weighted by Gasteiger charge is -2.37. The number of likely N-dealkylation sites (tertiary alicyclic amines) is 1. The monoisotopic (exact) mass is 265 g/mol. The average Bonchev–Trinajstić information content (AvgIpc) is 2.87. The summed E-state index contributed by atoms with van der Waals surface area (Å²) in [6.45, 7) is 5.74. The van der Waals surface area contributed by atoms with E-state index in [0.29, 0.717) is 12.5 Å². The Morgan fingerprint density at radius 1 is 1.58 bits per heavy atom. The van der Waals surface area contributed by atoms with Gasteiger partial charge in [-0.15, -0.1) is 0 Å². The van der Waals surface area contributed by atoms with Crippen molar-refractivity contribution in [2.24, 2.45) is 0 Å². The fourth-order valence-electron chi connectivity index (χ4n) is 3.03. The van der Waals surface area contributed by atoms with Gasteiger partial charge in [0.15, 0.2) is 0 Å². The van der Waals surface area contributed by atoms with Crippen LogP contribution in [0.3, 0.4) is 0 Å². The van der Waals surface area contributed by atoms with Crippen molar-refractivity contribution in [2.45, 2.75) is 51.6 Å². The summed E-state index contributed by atoms with van der Waals surface area (Å²) in [5.74, 6) is 0.389. The van der Waals surface area contributed by atoms with E-state index in [9.17, 15) is 9.90 Å². The van der Waals surface area contributed by atoms with Crippen LogP contribution in [-0.2, 0) is 11.2 Å². The van der Waals surface area contributed by atoms with Crippen LogP contribution in [0.25, 0.3) is 0 Å². The number of aryl methyl sites for hydroxylation is 1. The minimum absolute atomic E-state index is 0.351. The van der Waals surface area contributed by atoms with Gasteiger partial charge in [0.25, 0.3) is 0 Å². The van der Waals surface area contributed by atoms with E-state index in [4.69, 9.17) is 0 Å². The van der Waals surface area contributed by atoms with E-state index in [2.05, 4.69) is 21.4 Å². The van der Waals surface area contributed by atoms with E-state index in [1.165, 1.54) is 0 Å². The molecule has 0 radical (unpaired) electrons. The summed E-state index contributed by atoms with van der Waals surface area (Å²) < 4.78 is 2.22. The lowest BCUT2D eigenvalue weighted by molar-refractivity contribution is -0.144. The minimum Gasteiger partial charge on any atom is -0.480 e. The van der Waals surface area contributed by atoms with Crippen LogP contribution in [0.5, 0.6) is 0 Å². The Kier molecular flexibility index (Phi) is 4.58. The summed E-state index contributed by atoms with van der Waals surface area (Å²) >= 11 is 0. The number of carboxylic acid groups (broad SMARTS) is 1. The number of aromatic nitrogens is 2. The highest BCUT2D eigenvalue weighted by Gasteiger charge is 2.30. The summed E-state index contributed by atoms with van der Waals surface area (Å²) in [4.78, 5) is 17.8. The van der Waals surface area contributed by atoms with Crippen molar-refractivity contribution < 1.29 is 9.90 Å². The molecule has 0 amide bonds. The number of rotatable bonds is 5. The number of nitrogens with zero attached hydrogens (tertiary/aromatic N) is 3. The predicted octanol–water partition coefficient (Wildman–Crippen LogP) is 1.95. The van der Waals surface area contributed by atoms with Crippen LogP contribution in [0.4, 0.5) is 0 Å². The quantitative estimate of drug-likeness (QED) is 0.884. The Labute approximate surface area is 114 Å². The van der Waals surface area contributed by atoms with Crippen LogP contribution < -0.4 is 0 Å². The molecule has 106 valence electrons. The van der Waals surface area contributed by atoms with Gasteiger partial charge in [0, 0.05) is 31.4 Å². The molecule has 1 N–H and O–H groups in total. The molecule has 0 spiro atoms. The van der Waals surface area contributed by atoms with Crippen molar-refractivity contribution in [3.63, 3.8) is 0 Å². The van der Waals surface area contributed by atoms with Crippen LogP contribution in [0.15, 0.2) is 12.4 Å². The number of aliphatic carboxylic acids is 1. The smallest absolute Gasteiger partial charge is 0.320 e. The molecule has 1 aromatic rings. The van der Waals surface area contributed by atoms with Crippen LogP contribution in [0.1, 0.15) is 45.0 Å². The first-order valence-corrected chi connectivity index (χ1v) is 7.15. The maximum Gasteiger partial charge on any atom is 0.320 e. The molecule has 2 atom stereocenters. The van der Waals surface area contributed by atoms with Crippen LogP contribution in [0, 0.1) is 0 Å². The van der Waals surface area contributed by atoms with Crippen LogP contribution >= 0.6 is 0 Å². The summed E-state index contributed by atoms with van der Waals surface area (Å²) in [6.07, 6.45) is 7.60. The molecule has 5 nitrogen and oxygen atoms in total. The summed E-state index contributed by atoms with van der Waals surface area (Å²) in [5.41, 5.74) is 0. The normalized spacial score (nSPS) is 22.3. The molecule has 1 aliphatic heterocycles. The summed E-state index contributed by atoms with van der Waals surface area (Å²) in [6, 6.07) is 0.0102. The maximum atomic E-state index is 11.3. The third-order valence-electron chi connectivity index (χ3n) is 4.00. The highest BCUT2D eigenvalue weighted by molar-refractivity contribution is 5.73. The lowest BCUT2D eigenvalue weighted by atomic mass is 10.0. The van der Waals surface area contributed by atoms with E-state index >= 15 is 0 Å². The number of piperidine rings is 1. The van der Waals surface area contributed by atoms with Gasteiger partial charge in [-0.2, -0.15) is 0 Å². The van der Waals surface area contributed by atoms with Gasteiger partial charge in [-0.3, -0.25) is 9.69 Å². The SMILES string of the molecule is CCc1nccn1[C@@H]1CCCN([C@@H](CC)C(=O)O)C1.